The van der Waals surface area contributed by atoms with Crippen LogP contribution < -0.4 is 0 Å². The SMILES string of the molecule is B/C(C=C)=C(/C=C)[N+](=O)[O-]. The van der Waals surface area contributed by atoms with Gasteiger partial charge in [0, 0.05) is 6.08 Å². The molecule has 0 heterocycles. The largest absolute Gasteiger partial charge is 0.262 e. The van der Waals surface area contributed by atoms with Crippen LogP contribution in [0.5, 0.6) is 0 Å². The highest BCUT2D eigenvalue weighted by atomic mass is 16.6. The molecule has 0 aromatic heterocycles. The molecular formula is C6H8BNO2. The maximum absolute atomic E-state index is 10.2. The Morgan fingerprint density at radius 3 is 2.10 bits per heavy atom. The normalized spacial score (nSPS) is 11.6. The zero-order chi connectivity index (χ0) is 8.15. The van der Waals surface area contributed by atoms with Crippen LogP contribution in [0.3, 0.4) is 0 Å². The second kappa shape index (κ2) is 3.66. The minimum Gasteiger partial charge on any atom is -0.258 e. The summed E-state index contributed by atoms with van der Waals surface area (Å²) in [6.07, 6.45) is 2.64. The summed E-state index contributed by atoms with van der Waals surface area (Å²) in [6.45, 7) is 6.71. The summed E-state index contributed by atoms with van der Waals surface area (Å²) in [5.74, 6) is 0. The van der Waals surface area contributed by atoms with Gasteiger partial charge in [0.2, 0.25) is 0 Å². The molecule has 0 aromatic rings. The number of nitrogens with zero attached hydrogens (tertiary/aromatic N) is 1. The lowest BCUT2D eigenvalue weighted by Crippen LogP contribution is -1.98. The summed E-state index contributed by atoms with van der Waals surface area (Å²) in [6, 6.07) is 0. The molecule has 0 amide bonds. The average molecular weight is 137 g/mol. The van der Waals surface area contributed by atoms with E-state index in [1.165, 1.54) is 12.2 Å². The Morgan fingerprint density at radius 2 is 2.00 bits per heavy atom. The molecule has 0 aliphatic carbocycles. The first kappa shape index (κ1) is 8.68. The quantitative estimate of drug-likeness (QED) is 0.245. The Labute approximate surface area is 60.3 Å². The van der Waals surface area contributed by atoms with Crippen molar-refractivity contribution >= 4 is 7.85 Å². The van der Waals surface area contributed by atoms with E-state index in [0.29, 0.717) is 5.47 Å². The van der Waals surface area contributed by atoms with Crippen molar-refractivity contribution in [2.45, 2.75) is 0 Å². The number of hydrogen-bond donors (Lipinski definition) is 0. The summed E-state index contributed by atoms with van der Waals surface area (Å²) in [4.78, 5) is 9.68. The first-order valence-corrected chi connectivity index (χ1v) is 2.73. The van der Waals surface area contributed by atoms with Gasteiger partial charge in [-0.05, 0) is 5.47 Å². The van der Waals surface area contributed by atoms with Gasteiger partial charge in [-0.25, -0.2) is 0 Å². The molecule has 52 valence electrons. The molecule has 3 nitrogen and oxygen atoms in total. The number of rotatable bonds is 3. The van der Waals surface area contributed by atoms with Crippen molar-refractivity contribution in [3.8, 4) is 0 Å². The van der Waals surface area contributed by atoms with Crippen molar-refractivity contribution in [1.29, 1.82) is 0 Å². The fourth-order valence-corrected chi connectivity index (χ4v) is 0.484. The van der Waals surface area contributed by atoms with Gasteiger partial charge in [0.25, 0.3) is 5.70 Å². The molecule has 4 heteroatoms. The Hall–Kier alpha value is -1.32. The smallest absolute Gasteiger partial charge is 0.258 e. The minimum atomic E-state index is -0.482. The van der Waals surface area contributed by atoms with Gasteiger partial charge in [-0.2, -0.15) is 0 Å². The molecular weight excluding hydrogens is 129 g/mol. The van der Waals surface area contributed by atoms with Gasteiger partial charge < -0.3 is 0 Å². The Morgan fingerprint density at radius 1 is 1.50 bits per heavy atom. The van der Waals surface area contributed by atoms with E-state index in [4.69, 9.17) is 0 Å². The average Bonchev–Trinajstić information content (AvgIpc) is 1.88. The Balaban J connectivity index is 4.79. The molecule has 0 bridgehead atoms. The lowest BCUT2D eigenvalue weighted by molar-refractivity contribution is -0.419. The highest BCUT2D eigenvalue weighted by Crippen LogP contribution is 2.02. The third kappa shape index (κ3) is 1.89. The van der Waals surface area contributed by atoms with Gasteiger partial charge in [0.15, 0.2) is 0 Å². The van der Waals surface area contributed by atoms with Crippen molar-refractivity contribution in [2.75, 3.05) is 0 Å². The monoisotopic (exact) mass is 137 g/mol. The molecule has 0 N–H and O–H groups in total. The minimum absolute atomic E-state index is 0.00926. The van der Waals surface area contributed by atoms with Crippen LogP contribution in [0.4, 0.5) is 0 Å². The molecule has 0 rings (SSSR count). The van der Waals surface area contributed by atoms with E-state index >= 15 is 0 Å². The van der Waals surface area contributed by atoms with E-state index < -0.39 is 4.92 Å². The van der Waals surface area contributed by atoms with Crippen LogP contribution in [-0.4, -0.2) is 12.8 Å². The van der Waals surface area contributed by atoms with Crippen LogP contribution in [0.1, 0.15) is 0 Å². The van der Waals surface area contributed by atoms with Crippen LogP contribution in [0.15, 0.2) is 36.5 Å². The first-order chi connectivity index (χ1) is 4.63. The molecule has 0 atom stereocenters. The number of hydrogen-bond acceptors (Lipinski definition) is 2. The van der Waals surface area contributed by atoms with Crippen LogP contribution in [0.25, 0.3) is 0 Å². The Bertz CT molecular complexity index is 208. The maximum atomic E-state index is 10.2. The third-order valence-electron chi connectivity index (χ3n) is 1.10. The highest BCUT2D eigenvalue weighted by molar-refractivity contribution is 6.23. The maximum Gasteiger partial charge on any atom is 0.262 e. The van der Waals surface area contributed by atoms with Crippen molar-refractivity contribution in [3.63, 3.8) is 0 Å². The van der Waals surface area contributed by atoms with E-state index in [1.807, 2.05) is 0 Å². The van der Waals surface area contributed by atoms with Gasteiger partial charge >= 0.3 is 0 Å². The van der Waals surface area contributed by atoms with E-state index in [1.54, 1.807) is 7.85 Å². The summed E-state index contributed by atoms with van der Waals surface area (Å²) in [5.41, 5.74) is 0.537. The van der Waals surface area contributed by atoms with Gasteiger partial charge in [-0.3, -0.25) is 10.1 Å². The number of allylic oxidation sites excluding steroid dienone is 3. The van der Waals surface area contributed by atoms with Crippen LogP contribution in [0.2, 0.25) is 0 Å². The summed E-state index contributed by atoms with van der Waals surface area (Å²) in [7, 11) is 1.62. The predicted octanol–water partition coefficient (Wildman–Crippen LogP) is 0.480. The summed E-state index contributed by atoms with van der Waals surface area (Å²) in [5, 5.41) is 10.2. The molecule has 0 fully saturated rings. The molecule has 0 saturated carbocycles. The van der Waals surface area contributed by atoms with Crippen LogP contribution in [0, 0.1) is 10.1 Å². The molecule has 0 radical (unpaired) electrons. The lowest BCUT2D eigenvalue weighted by Gasteiger charge is -1.91. The van der Waals surface area contributed by atoms with Gasteiger partial charge in [-0.1, -0.05) is 19.2 Å². The standard InChI is InChI=1S/C6H8BNO2/c1-3-5(7)6(4-2)8(9)10/h3-4H,1-2,7H2/b6-5-. The zero-order valence-electron chi connectivity index (χ0n) is 5.83. The predicted molar refractivity (Wildman–Crippen MR) is 43.0 cm³/mol. The number of nitro groups is 1. The molecule has 0 aromatic carbocycles. The molecule has 0 saturated heterocycles. The third-order valence-corrected chi connectivity index (χ3v) is 1.10. The summed E-state index contributed by atoms with van der Waals surface area (Å²) < 4.78 is 0. The Kier molecular flexibility index (Phi) is 3.18. The highest BCUT2D eigenvalue weighted by Gasteiger charge is 2.06. The van der Waals surface area contributed by atoms with E-state index in [2.05, 4.69) is 13.2 Å². The second-order valence-corrected chi connectivity index (χ2v) is 1.73. The van der Waals surface area contributed by atoms with E-state index in [0.717, 1.165) is 0 Å². The topological polar surface area (TPSA) is 43.1 Å². The zero-order valence-corrected chi connectivity index (χ0v) is 5.83. The van der Waals surface area contributed by atoms with E-state index in [-0.39, 0.29) is 5.70 Å². The van der Waals surface area contributed by atoms with Crippen LogP contribution >= 0.6 is 0 Å². The molecule has 10 heavy (non-hydrogen) atoms. The van der Waals surface area contributed by atoms with E-state index in [9.17, 15) is 10.1 Å². The van der Waals surface area contributed by atoms with Gasteiger partial charge in [0.05, 0.1) is 4.92 Å². The molecule has 0 aliphatic heterocycles. The summed E-state index contributed by atoms with van der Waals surface area (Å²) >= 11 is 0. The van der Waals surface area contributed by atoms with Crippen LogP contribution in [-0.2, 0) is 0 Å². The molecule has 0 aliphatic rings. The second-order valence-electron chi connectivity index (χ2n) is 1.73. The van der Waals surface area contributed by atoms with Crippen molar-refractivity contribution in [2.24, 2.45) is 0 Å². The fourth-order valence-electron chi connectivity index (χ4n) is 0.484. The lowest BCUT2D eigenvalue weighted by atomic mass is 9.93. The van der Waals surface area contributed by atoms with Gasteiger partial charge in [0.1, 0.15) is 7.85 Å². The van der Waals surface area contributed by atoms with Crippen molar-refractivity contribution < 1.29 is 4.92 Å². The van der Waals surface area contributed by atoms with Gasteiger partial charge in [-0.15, -0.1) is 0 Å². The first-order valence-electron chi connectivity index (χ1n) is 2.73. The molecule has 0 spiro atoms. The van der Waals surface area contributed by atoms with Crippen molar-refractivity contribution in [1.82, 2.24) is 0 Å². The fraction of sp³-hybridized carbons (Fsp3) is 0. The van der Waals surface area contributed by atoms with Crippen molar-refractivity contribution in [3.05, 3.63) is 46.6 Å². The molecule has 0 unspecified atom stereocenters.